The second-order valence-electron chi connectivity index (χ2n) is 5.94. The van der Waals surface area contributed by atoms with Crippen LogP contribution >= 0.6 is 0 Å². The van der Waals surface area contributed by atoms with Crippen molar-refractivity contribution < 1.29 is 9.47 Å². The first-order valence-electron chi connectivity index (χ1n) is 8.18. The maximum absolute atomic E-state index is 5.88. The van der Waals surface area contributed by atoms with Gasteiger partial charge in [0, 0.05) is 37.7 Å². The summed E-state index contributed by atoms with van der Waals surface area (Å²) < 4.78 is 12.7. The first-order valence-corrected chi connectivity index (χ1v) is 8.18. The molecule has 1 saturated heterocycles. The van der Waals surface area contributed by atoms with Crippen molar-refractivity contribution in [1.82, 2.24) is 29.5 Å². The molecule has 0 N–H and O–H groups in total. The van der Waals surface area contributed by atoms with Crippen LogP contribution in [0.15, 0.2) is 24.8 Å². The van der Waals surface area contributed by atoms with Gasteiger partial charge in [0.25, 0.3) is 5.78 Å². The molecular weight excluding hydrogens is 322 g/mol. The van der Waals surface area contributed by atoms with Crippen LogP contribution in [0.1, 0.15) is 18.5 Å². The fourth-order valence-corrected chi connectivity index (χ4v) is 2.96. The summed E-state index contributed by atoms with van der Waals surface area (Å²) in [5.41, 5.74) is 0.931. The van der Waals surface area contributed by atoms with Gasteiger partial charge in [-0.05, 0) is 6.92 Å². The van der Waals surface area contributed by atoms with Crippen molar-refractivity contribution in [3.63, 3.8) is 0 Å². The third kappa shape index (κ3) is 3.17. The van der Waals surface area contributed by atoms with Crippen LogP contribution in [0, 0.1) is 6.92 Å². The van der Waals surface area contributed by atoms with E-state index in [1.54, 1.807) is 24.0 Å². The Morgan fingerprint density at radius 2 is 1.88 bits per heavy atom. The quantitative estimate of drug-likeness (QED) is 0.701. The summed E-state index contributed by atoms with van der Waals surface area (Å²) in [5.74, 6) is 2.26. The Labute approximate surface area is 144 Å². The predicted octanol–water partition coefficient (Wildman–Crippen LogP) is 1.28. The largest absolute Gasteiger partial charge is 0.494 e. The molecule has 0 radical (unpaired) electrons. The van der Waals surface area contributed by atoms with Gasteiger partial charge in [-0.2, -0.15) is 24.6 Å². The van der Waals surface area contributed by atoms with Gasteiger partial charge in [-0.3, -0.25) is 0 Å². The Morgan fingerprint density at radius 3 is 2.60 bits per heavy atom. The predicted molar refractivity (Wildman–Crippen MR) is 90.0 cm³/mol. The van der Waals surface area contributed by atoms with Crippen LogP contribution in [0.5, 0.6) is 11.8 Å². The number of hydrogen-bond acceptors (Lipinski definition) is 8. The van der Waals surface area contributed by atoms with E-state index in [9.17, 15) is 0 Å². The molecule has 0 bridgehead atoms. The number of fused-ring (bicyclic) bond motifs is 1. The topological polar surface area (TPSA) is 90.6 Å². The molecule has 0 atom stereocenters. The molecule has 130 valence electrons. The molecule has 1 aliphatic rings. The molecule has 0 aliphatic carbocycles. The molecule has 9 heteroatoms. The summed E-state index contributed by atoms with van der Waals surface area (Å²) in [6.45, 7) is 3.69. The zero-order chi connectivity index (χ0) is 17.2. The van der Waals surface area contributed by atoms with Crippen molar-refractivity contribution in [1.29, 1.82) is 0 Å². The van der Waals surface area contributed by atoms with Crippen LogP contribution in [-0.4, -0.2) is 55.9 Å². The number of ether oxygens (including phenoxy) is 2. The Balaban J connectivity index is 1.43. The minimum atomic E-state index is 0.0961. The Bertz CT molecular complexity index is 857. The molecule has 0 spiro atoms. The van der Waals surface area contributed by atoms with E-state index in [2.05, 4.69) is 29.9 Å². The number of anilines is 1. The lowest BCUT2D eigenvalue weighted by Gasteiger charge is -2.33. The van der Waals surface area contributed by atoms with Crippen molar-refractivity contribution >= 4 is 11.6 Å². The monoisotopic (exact) mass is 341 g/mol. The minimum absolute atomic E-state index is 0.0961. The molecule has 0 unspecified atom stereocenters. The molecule has 3 aromatic heterocycles. The second kappa shape index (κ2) is 6.50. The van der Waals surface area contributed by atoms with Crippen LogP contribution in [-0.2, 0) is 0 Å². The van der Waals surface area contributed by atoms with Crippen molar-refractivity contribution in [2.75, 3.05) is 25.1 Å². The fraction of sp³-hybridized carbons (Fsp3) is 0.438. The van der Waals surface area contributed by atoms with Crippen LogP contribution in [0.3, 0.4) is 0 Å². The zero-order valence-electron chi connectivity index (χ0n) is 14.2. The number of nitrogens with zero attached hydrogens (tertiary/aromatic N) is 7. The summed E-state index contributed by atoms with van der Waals surface area (Å²) in [7, 11) is 1.59. The number of piperidine rings is 1. The van der Waals surface area contributed by atoms with Gasteiger partial charge < -0.3 is 14.4 Å². The molecule has 4 heterocycles. The van der Waals surface area contributed by atoms with Crippen LogP contribution in [0.25, 0.3) is 5.78 Å². The zero-order valence-corrected chi connectivity index (χ0v) is 14.2. The molecule has 0 aromatic carbocycles. The van der Waals surface area contributed by atoms with Gasteiger partial charge in [0.15, 0.2) is 5.75 Å². The summed E-state index contributed by atoms with van der Waals surface area (Å²) in [6.07, 6.45) is 6.61. The highest BCUT2D eigenvalue weighted by Gasteiger charge is 2.23. The number of rotatable bonds is 4. The highest BCUT2D eigenvalue weighted by molar-refractivity contribution is 5.47. The molecule has 0 amide bonds. The van der Waals surface area contributed by atoms with Crippen molar-refractivity contribution in [3.8, 4) is 11.8 Å². The average Bonchev–Trinajstić information content (AvgIpc) is 3.11. The van der Waals surface area contributed by atoms with E-state index in [0.717, 1.165) is 37.4 Å². The number of hydrogen-bond donors (Lipinski definition) is 0. The molecule has 25 heavy (non-hydrogen) atoms. The third-order valence-electron chi connectivity index (χ3n) is 4.24. The number of methoxy groups -OCH3 is 1. The lowest BCUT2D eigenvalue weighted by Crippen LogP contribution is -2.39. The maximum atomic E-state index is 5.88. The van der Waals surface area contributed by atoms with E-state index >= 15 is 0 Å². The average molecular weight is 341 g/mol. The fourth-order valence-electron chi connectivity index (χ4n) is 2.96. The van der Waals surface area contributed by atoms with Gasteiger partial charge in [-0.1, -0.05) is 0 Å². The van der Waals surface area contributed by atoms with Gasteiger partial charge in [-0.15, -0.1) is 0 Å². The van der Waals surface area contributed by atoms with Crippen molar-refractivity contribution in [2.24, 2.45) is 0 Å². The molecule has 1 aliphatic heterocycles. The minimum Gasteiger partial charge on any atom is -0.494 e. The lowest BCUT2D eigenvalue weighted by atomic mass is 10.1. The number of aryl methyl sites for hydroxylation is 1. The first kappa shape index (κ1) is 15.6. The van der Waals surface area contributed by atoms with Gasteiger partial charge in [0.1, 0.15) is 18.2 Å². The van der Waals surface area contributed by atoms with E-state index < -0.39 is 0 Å². The Kier molecular flexibility index (Phi) is 4.04. The molecule has 0 saturated carbocycles. The second-order valence-corrected chi connectivity index (χ2v) is 5.94. The molecule has 4 rings (SSSR count). The standard InChI is InChI=1S/C16H19N7O2/c1-11-7-14(23-15(21-11)19-10-20-23)22-5-3-12(4-6-22)25-16-17-8-13(24-2)9-18-16/h7-10,12H,3-6H2,1-2H3. The van der Waals surface area contributed by atoms with Crippen LogP contribution in [0.2, 0.25) is 0 Å². The smallest absolute Gasteiger partial charge is 0.316 e. The normalized spacial score (nSPS) is 15.5. The van der Waals surface area contributed by atoms with Crippen molar-refractivity contribution in [3.05, 3.63) is 30.5 Å². The molecule has 3 aromatic rings. The summed E-state index contributed by atoms with van der Waals surface area (Å²) in [5, 5.41) is 4.28. The molecular formula is C16H19N7O2. The highest BCUT2D eigenvalue weighted by atomic mass is 16.5. The van der Waals surface area contributed by atoms with Gasteiger partial charge in [0.2, 0.25) is 0 Å². The summed E-state index contributed by atoms with van der Waals surface area (Å²) >= 11 is 0. The number of aromatic nitrogens is 6. The third-order valence-corrected chi connectivity index (χ3v) is 4.24. The Hall–Kier alpha value is -2.97. The van der Waals surface area contributed by atoms with Gasteiger partial charge in [0.05, 0.1) is 19.5 Å². The maximum Gasteiger partial charge on any atom is 0.316 e. The van der Waals surface area contributed by atoms with Gasteiger partial charge >= 0.3 is 6.01 Å². The van der Waals surface area contributed by atoms with E-state index in [0.29, 0.717) is 17.5 Å². The van der Waals surface area contributed by atoms with Gasteiger partial charge in [-0.25, -0.2) is 4.98 Å². The lowest BCUT2D eigenvalue weighted by molar-refractivity contribution is 0.155. The van der Waals surface area contributed by atoms with E-state index in [-0.39, 0.29) is 6.10 Å². The van der Waals surface area contributed by atoms with Crippen LogP contribution < -0.4 is 14.4 Å². The molecule has 1 fully saturated rings. The van der Waals surface area contributed by atoms with E-state index in [1.807, 2.05) is 13.0 Å². The van der Waals surface area contributed by atoms with E-state index in [1.165, 1.54) is 6.33 Å². The summed E-state index contributed by atoms with van der Waals surface area (Å²) in [6, 6.07) is 2.42. The van der Waals surface area contributed by atoms with Crippen LogP contribution in [0.4, 0.5) is 5.82 Å². The first-order chi connectivity index (χ1) is 12.2. The Morgan fingerprint density at radius 1 is 1.12 bits per heavy atom. The molecule has 9 nitrogen and oxygen atoms in total. The van der Waals surface area contributed by atoms with Crippen molar-refractivity contribution in [2.45, 2.75) is 25.9 Å². The summed E-state index contributed by atoms with van der Waals surface area (Å²) in [4.78, 5) is 19.2. The van der Waals surface area contributed by atoms with E-state index in [4.69, 9.17) is 9.47 Å². The SMILES string of the molecule is COc1cnc(OC2CCN(c3cc(C)nc4ncnn34)CC2)nc1. The highest BCUT2D eigenvalue weighted by Crippen LogP contribution is 2.23.